The summed E-state index contributed by atoms with van der Waals surface area (Å²) >= 11 is 7.08. The predicted octanol–water partition coefficient (Wildman–Crippen LogP) is 6.47. The molecule has 7 heteroatoms. The molecule has 2 N–H and O–H groups in total. The number of aromatic nitrogens is 1. The second-order valence-corrected chi connectivity index (χ2v) is 10.7. The monoisotopic (exact) mass is 637 g/mol. The Bertz CT molecular complexity index is 1410. The second kappa shape index (κ2) is 12.7. The first-order valence-corrected chi connectivity index (χ1v) is 13.8. The quantitative estimate of drug-likeness (QED) is 0.206. The highest BCUT2D eigenvalue weighted by Gasteiger charge is 2.18. The van der Waals surface area contributed by atoms with Crippen molar-refractivity contribution in [3.63, 3.8) is 0 Å². The Kier molecular flexibility index (Phi) is 9.39. The topological polar surface area (TPSA) is 56.8 Å². The van der Waals surface area contributed by atoms with E-state index in [9.17, 15) is 10.2 Å². The third-order valence-electron chi connectivity index (χ3n) is 6.54. The number of ether oxygens (including phenoxy) is 1. The maximum absolute atomic E-state index is 9.94. The van der Waals surface area contributed by atoms with Gasteiger partial charge in [0.25, 0.3) is 0 Å². The van der Waals surface area contributed by atoms with Crippen molar-refractivity contribution in [2.24, 2.45) is 7.05 Å². The molecule has 0 saturated carbocycles. The summed E-state index contributed by atoms with van der Waals surface area (Å²) in [6, 6.07) is 24.8. The molecule has 38 heavy (non-hydrogen) atoms. The second-order valence-electron chi connectivity index (χ2n) is 9.00. The lowest BCUT2D eigenvalue weighted by Crippen LogP contribution is -2.34. The summed E-state index contributed by atoms with van der Waals surface area (Å²) < 4.78 is 9.54. The van der Waals surface area contributed by atoms with Gasteiger partial charge in [-0.05, 0) is 92.8 Å². The van der Waals surface area contributed by atoms with Crippen LogP contribution in [0.1, 0.15) is 16.8 Å². The van der Waals surface area contributed by atoms with Gasteiger partial charge in [0.15, 0.2) is 0 Å². The summed E-state index contributed by atoms with van der Waals surface area (Å²) in [4.78, 5) is 2.02. The van der Waals surface area contributed by atoms with E-state index in [0.717, 1.165) is 53.8 Å². The first-order valence-electron chi connectivity index (χ1n) is 12.2. The molecule has 5 nitrogen and oxygen atoms in total. The molecule has 0 atom stereocenters. The number of likely N-dealkylation sites (N-methyl/N-ethyl adjacent to an activating group) is 1. The molecular formula is C31H31Br2N2O3+. The van der Waals surface area contributed by atoms with E-state index >= 15 is 0 Å². The van der Waals surface area contributed by atoms with Gasteiger partial charge in [-0.2, -0.15) is 4.57 Å². The minimum Gasteiger partial charge on any atom is -0.496 e. The van der Waals surface area contributed by atoms with E-state index in [0.29, 0.717) is 12.3 Å². The summed E-state index contributed by atoms with van der Waals surface area (Å²) in [6.07, 6.45) is 4.21. The fourth-order valence-electron chi connectivity index (χ4n) is 4.29. The van der Waals surface area contributed by atoms with Gasteiger partial charge in [0.1, 0.15) is 12.8 Å². The molecule has 0 fully saturated rings. The van der Waals surface area contributed by atoms with Crippen molar-refractivity contribution in [2.75, 3.05) is 32.2 Å². The minimum atomic E-state index is -0.0960. The number of hydrogen-bond acceptors (Lipinski definition) is 4. The lowest BCUT2D eigenvalue weighted by Gasteiger charge is -2.17. The van der Waals surface area contributed by atoms with E-state index in [-0.39, 0.29) is 13.2 Å². The van der Waals surface area contributed by atoms with E-state index in [1.165, 1.54) is 0 Å². The number of hydrogen-bond donors (Lipinski definition) is 2. The zero-order valence-electron chi connectivity index (χ0n) is 21.7. The molecule has 0 spiro atoms. The highest BCUT2D eigenvalue weighted by molar-refractivity contribution is 9.10. The van der Waals surface area contributed by atoms with Crippen LogP contribution in [0.3, 0.4) is 0 Å². The Morgan fingerprint density at radius 2 is 1.55 bits per heavy atom. The molecule has 1 aromatic heterocycles. The molecule has 0 bridgehead atoms. The number of methoxy groups -OCH3 is 1. The van der Waals surface area contributed by atoms with Crippen molar-refractivity contribution in [3.05, 3.63) is 98.6 Å². The van der Waals surface area contributed by atoms with Crippen LogP contribution in [0.4, 0.5) is 5.69 Å². The van der Waals surface area contributed by atoms with Crippen LogP contribution in [0.2, 0.25) is 0 Å². The number of benzene rings is 3. The first-order chi connectivity index (χ1) is 18.3. The average molecular weight is 639 g/mol. The zero-order chi connectivity index (χ0) is 27.2. The van der Waals surface area contributed by atoms with Gasteiger partial charge in [-0.3, -0.25) is 0 Å². The smallest absolute Gasteiger partial charge is 0.213 e. The molecule has 1 heterocycles. The maximum atomic E-state index is 9.94. The highest BCUT2D eigenvalue weighted by atomic mass is 79.9. The Labute approximate surface area is 240 Å². The van der Waals surface area contributed by atoms with Crippen molar-refractivity contribution in [3.8, 4) is 28.1 Å². The van der Waals surface area contributed by atoms with Gasteiger partial charge in [0.05, 0.1) is 24.8 Å². The predicted molar refractivity (Wildman–Crippen MR) is 162 cm³/mol. The molecule has 0 aliphatic rings. The zero-order valence-corrected chi connectivity index (χ0v) is 24.8. The first kappa shape index (κ1) is 28.0. The van der Waals surface area contributed by atoms with Crippen molar-refractivity contribution in [2.45, 2.75) is 6.61 Å². The van der Waals surface area contributed by atoms with Gasteiger partial charge in [-0.25, -0.2) is 0 Å². The Balaban J connectivity index is 1.81. The van der Waals surface area contributed by atoms with Crippen LogP contribution in [0, 0.1) is 0 Å². The molecule has 0 radical (unpaired) electrons. The molecule has 4 rings (SSSR count). The summed E-state index contributed by atoms with van der Waals surface area (Å²) in [6.45, 7) is 0.617. The van der Waals surface area contributed by atoms with Gasteiger partial charge in [0, 0.05) is 47.5 Å². The third-order valence-corrected chi connectivity index (χ3v) is 7.97. The van der Waals surface area contributed by atoms with Crippen LogP contribution in [-0.4, -0.2) is 37.5 Å². The molecule has 0 aliphatic carbocycles. The lowest BCUT2D eigenvalue weighted by molar-refractivity contribution is -0.662. The van der Waals surface area contributed by atoms with Crippen LogP contribution in [0.25, 0.3) is 34.5 Å². The van der Waals surface area contributed by atoms with Crippen LogP contribution < -0.4 is 14.2 Å². The molecule has 196 valence electrons. The number of nitrogens with zero attached hydrogens (tertiary/aromatic N) is 2. The lowest BCUT2D eigenvalue weighted by atomic mass is 9.99. The molecule has 0 aliphatic heterocycles. The number of aliphatic hydroxyl groups is 2. The van der Waals surface area contributed by atoms with E-state index in [1.54, 1.807) is 7.11 Å². The standard InChI is InChI=1S/C31H31Br2N2O3/c1-34(14-15-36)27-11-4-21(5-12-27)6-13-28-17-24(23-16-25(20-37)31(33)30(19-23)38-3)18-29(35(28)2)22-7-9-26(32)10-8-22/h4-13,16-19,36-37H,14-15,20H2,1-3H3/q+1. The SMILES string of the molecule is COc1cc(-c2cc(/C=C/c3ccc(N(C)CCO)cc3)[n+](C)c(-c3ccc(Br)cc3)c2)cc(CO)c1Br. The van der Waals surface area contributed by atoms with Crippen LogP contribution in [-0.2, 0) is 13.7 Å². The molecular weight excluding hydrogens is 608 g/mol. The summed E-state index contributed by atoms with van der Waals surface area (Å²) in [5.74, 6) is 0.674. The maximum Gasteiger partial charge on any atom is 0.213 e. The van der Waals surface area contributed by atoms with Gasteiger partial charge in [-0.1, -0.05) is 28.1 Å². The minimum absolute atomic E-state index is 0.0960. The number of pyridine rings is 1. The van der Waals surface area contributed by atoms with Crippen molar-refractivity contribution >= 4 is 49.7 Å². The molecule has 3 aromatic carbocycles. The highest BCUT2D eigenvalue weighted by Crippen LogP contribution is 2.36. The Morgan fingerprint density at radius 1 is 0.868 bits per heavy atom. The van der Waals surface area contributed by atoms with Crippen LogP contribution >= 0.6 is 31.9 Å². The summed E-state index contributed by atoms with van der Waals surface area (Å²) in [5.41, 5.74) is 8.05. The van der Waals surface area contributed by atoms with Gasteiger partial charge < -0.3 is 19.8 Å². The van der Waals surface area contributed by atoms with Gasteiger partial charge in [-0.15, -0.1) is 0 Å². The van der Waals surface area contributed by atoms with E-state index in [1.807, 2.05) is 36.2 Å². The fraction of sp³-hybridized carbons (Fsp3) is 0.194. The molecule has 4 aromatic rings. The number of anilines is 1. The van der Waals surface area contributed by atoms with E-state index in [4.69, 9.17) is 4.74 Å². The normalized spacial score (nSPS) is 11.2. The van der Waals surface area contributed by atoms with Crippen molar-refractivity contribution in [1.82, 2.24) is 0 Å². The van der Waals surface area contributed by atoms with Crippen LogP contribution in [0.15, 0.2) is 81.7 Å². The Morgan fingerprint density at radius 3 is 2.18 bits per heavy atom. The largest absolute Gasteiger partial charge is 0.496 e. The number of halogens is 2. The van der Waals surface area contributed by atoms with Gasteiger partial charge >= 0.3 is 0 Å². The molecule has 0 saturated heterocycles. The van der Waals surface area contributed by atoms with Crippen molar-refractivity contribution in [1.29, 1.82) is 0 Å². The molecule has 0 amide bonds. The fourth-order valence-corrected chi connectivity index (χ4v) is 5.07. The average Bonchev–Trinajstić information content (AvgIpc) is 2.93. The van der Waals surface area contributed by atoms with Crippen molar-refractivity contribution < 1.29 is 19.5 Å². The Hall–Kier alpha value is -2.97. The third kappa shape index (κ3) is 6.35. The summed E-state index contributed by atoms with van der Waals surface area (Å²) in [7, 11) is 5.66. The summed E-state index contributed by atoms with van der Waals surface area (Å²) in [5, 5.41) is 19.1. The number of aliphatic hydroxyl groups excluding tert-OH is 2. The molecule has 0 unspecified atom stereocenters. The van der Waals surface area contributed by atoms with Crippen LogP contribution in [0.5, 0.6) is 5.75 Å². The van der Waals surface area contributed by atoms with E-state index < -0.39 is 0 Å². The van der Waals surface area contributed by atoms with E-state index in [2.05, 4.69) is 104 Å². The number of rotatable bonds is 9. The van der Waals surface area contributed by atoms with Gasteiger partial charge in [0.2, 0.25) is 11.4 Å².